The van der Waals surface area contributed by atoms with Crippen molar-refractivity contribution in [2.75, 3.05) is 0 Å². The molecule has 0 aliphatic carbocycles. The van der Waals surface area contributed by atoms with Crippen LogP contribution in [0.3, 0.4) is 0 Å². The third-order valence-electron chi connectivity index (χ3n) is 11.9. The van der Waals surface area contributed by atoms with E-state index in [-0.39, 0.29) is 0 Å². The van der Waals surface area contributed by atoms with E-state index >= 15 is 0 Å². The van der Waals surface area contributed by atoms with Crippen LogP contribution in [0.25, 0.3) is 122 Å². The van der Waals surface area contributed by atoms with Gasteiger partial charge in [-0.3, -0.25) is 4.57 Å². The first-order valence-corrected chi connectivity index (χ1v) is 19.9. The molecule has 13 aromatic rings. The predicted octanol–water partition coefficient (Wildman–Crippen LogP) is 13.6. The number of hydrogen-bond acceptors (Lipinski definition) is 4. The Morgan fingerprint density at radius 1 is 0.339 bits per heavy atom. The van der Waals surface area contributed by atoms with Crippen LogP contribution in [0.2, 0.25) is 0 Å². The molecule has 13 rings (SSSR count). The molecule has 0 amide bonds. The molecule has 0 saturated carbocycles. The number of hydrogen-bond donors (Lipinski definition) is 0. The topological polar surface area (TPSA) is 61.7 Å². The Hall–Kier alpha value is -8.09. The zero-order chi connectivity index (χ0) is 38.6. The van der Waals surface area contributed by atoms with Crippen molar-refractivity contribution in [2.24, 2.45) is 0 Å². The normalized spacial score (nSPS) is 12.1. The third kappa shape index (κ3) is 4.77. The molecule has 4 heterocycles. The molecule has 0 aliphatic rings. The lowest BCUT2D eigenvalue weighted by atomic mass is 9.96. The maximum absolute atomic E-state index is 6.24. The van der Waals surface area contributed by atoms with Crippen LogP contribution in [-0.4, -0.2) is 24.1 Å². The van der Waals surface area contributed by atoms with E-state index in [0.29, 0.717) is 17.6 Å². The highest BCUT2D eigenvalue weighted by molar-refractivity contribution is 6.25. The number of furan rings is 1. The average molecular weight is 754 g/mol. The molecule has 274 valence electrons. The van der Waals surface area contributed by atoms with Crippen LogP contribution in [0.15, 0.2) is 192 Å². The molecule has 0 aliphatic heterocycles. The Bertz CT molecular complexity index is 3730. The van der Waals surface area contributed by atoms with Crippen molar-refractivity contribution in [3.63, 3.8) is 0 Å². The lowest BCUT2D eigenvalue weighted by molar-refractivity contribution is 0.669. The summed E-state index contributed by atoms with van der Waals surface area (Å²) in [5.74, 6) is 1.84. The van der Waals surface area contributed by atoms with Crippen molar-refractivity contribution >= 4 is 76.3 Å². The van der Waals surface area contributed by atoms with E-state index in [2.05, 4.69) is 124 Å². The summed E-state index contributed by atoms with van der Waals surface area (Å²) >= 11 is 0. The molecule has 0 unspecified atom stereocenters. The number of benzene rings is 9. The van der Waals surface area contributed by atoms with E-state index in [9.17, 15) is 0 Å². The second-order valence-corrected chi connectivity index (χ2v) is 15.2. The Morgan fingerprint density at radius 3 is 1.81 bits per heavy atom. The smallest absolute Gasteiger partial charge is 0.238 e. The summed E-state index contributed by atoms with van der Waals surface area (Å²) in [6.45, 7) is 0. The molecule has 0 atom stereocenters. The zero-order valence-electron chi connectivity index (χ0n) is 31.5. The maximum atomic E-state index is 6.24. The number of para-hydroxylation sites is 2. The monoisotopic (exact) mass is 753 g/mol. The maximum Gasteiger partial charge on any atom is 0.238 e. The van der Waals surface area contributed by atoms with Gasteiger partial charge in [0.25, 0.3) is 0 Å². The van der Waals surface area contributed by atoms with Gasteiger partial charge in [-0.25, -0.2) is 4.98 Å². The lowest BCUT2D eigenvalue weighted by Gasteiger charge is -2.11. The average Bonchev–Trinajstić information content (AvgIpc) is 3.96. The molecule has 0 bridgehead atoms. The molecule has 6 nitrogen and oxygen atoms in total. The summed E-state index contributed by atoms with van der Waals surface area (Å²) in [6, 6.07) is 66.3. The first-order chi connectivity index (χ1) is 29.2. The molecule has 0 saturated heterocycles. The molecule has 0 radical (unpaired) electrons. The van der Waals surface area contributed by atoms with Gasteiger partial charge in [-0.15, -0.1) is 0 Å². The molecule has 4 aromatic heterocycles. The van der Waals surface area contributed by atoms with Crippen LogP contribution >= 0.6 is 0 Å². The fourth-order valence-electron chi connectivity index (χ4n) is 9.26. The van der Waals surface area contributed by atoms with Crippen molar-refractivity contribution in [1.82, 2.24) is 24.1 Å². The van der Waals surface area contributed by atoms with E-state index in [1.807, 2.05) is 72.8 Å². The quantitative estimate of drug-likeness (QED) is 0.164. The second-order valence-electron chi connectivity index (χ2n) is 15.2. The van der Waals surface area contributed by atoms with Gasteiger partial charge in [-0.05, 0) is 82.6 Å². The van der Waals surface area contributed by atoms with Gasteiger partial charge < -0.3 is 8.98 Å². The van der Waals surface area contributed by atoms with Gasteiger partial charge in [0.1, 0.15) is 11.2 Å². The molecule has 0 spiro atoms. The van der Waals surface area contributed by atoms with Crippen LogP contribution in [0, 0.1) is 0 Å². The van der Waals surface area contributed by atoms with Crippen LogP contribution in [0.4, 0.5) is 0 Å². The Morgan fingerprint density at radius 2 is 1.00 bits per heavy atom. The standard InChI is InChI=1S/C53H31N5O/c1-3-12-33(13-4-1)51-54-52(34-14-5-2-6-15-34)56-53(55-51)58-43-19-9-7-17-39(43)41-29-35(24-26-44(41)58)37-28-36-23-22-32-16-11-20-45-49(32)50(36)46(30-37)57(45)38-25-27-48-42(31-38)40-18-8-10-21-47(40)59-48/h1-31H. The van der Waals surface area contributed by atoms with Crippen LogP contribution in [0.5, 0.6) is 0 Å². The molecular formula is C53H31N5O. The summed E-state index contributed by atoms with van der Waals surface area (Å²) in [5.41, 5.74) is 11.5. The zero-order valence-corrected chi connectivity index (χ0v) is 31.5. The van der Waals surface area contributed by atoms with Crippen molar-refractivity contribution in [3.8, 4) is 45.5 Å². The summed E-state index contributed by atoms with van der Waals surface area (Å²) in [7, 11) is 0. The fourth-order valence-corrected chi connectivity index (χ4v) is 9.26. The summed E-state index contributed by atoms with van der Waals surface area (Å²) < 4.78 is 10.8. The number of fused-ring (bicyclic) bond motifs is 6. The van der Waals surface area contributed by atoms with E-state index in [1.165, 1.54) is 32.6 Å². The Balaban J connectivity index is 1.03. The number of aromatic nitrogens is 5. The van der Waals surface area contributed by atoms with Gasteiger partial charge in [0.05, 0.1) is 22.1 Å². The van der Waals surface area contributed by atoms with Crippen molar-refractivity contribution in [2.45, 2.75) is 0 Å². The SMILES string of the molecule is c1ccc(-c2nc(-c3ccccc3)nc(-n3c4ccccc4c4cc(-c5cc6ccc7cccc8c7c6c(c5)n8-c5ccc6oc7ccccc7c6c5)ccc43)n2)cc1. The minimum atomic E-state index is 0.579. The van der Waals surface area contributed by atoms with E-state index in [0.717, 1.165) is 71.7 Å². The van der Waals surface area contributed by atoms with E-state index in [4.69, 9.17) is 19.4 Å². The van der Waals surface area contributed by atoms with Crippen molar-refractivity contribution in [1.29, 1.82) is 0 Å². The first-order valence-electron chi connectivity index (χ1n) is 19.9. The molecule has 59 heavy (non-hydrogen) atoms. The minimum Gasteiger partial charge on any atom is -0.456 e. The van der Waals surface area contributed by atoms with Gasteiger partial charge in [-0.2, -0.15) is 9.97 Å². The highest BCUT2D eigenvalue weighted by Crippen LogP contribution is 2.43. The van der Waals surface area contributed by atoms with Crippen LogP contribution in [0.1, 0.15) is 0 Å². The lowest BCUT2D eigenvalue weighted by Crippen LogP contribution is -2.06. The number of rotatable bonds is 5. The summed E-state index contributed by atoms with van der Waals surface area (Å²) in [5, 5.41) is 9.50. The Labute approximate surface area is 337 Å². The van der Waals surface area contributed by atoms with Gasteiger partial charge in [-0.1, -0.05) is 127 Å². The molecule has 0 N–H and O–H groups in total. The van der Waals surface area contributed by atoms with Crippen LogP contribution in [-0.2, 0) is 0 Å². The van der Waals surface area contributed by atoms with Crippen molar-refractivity contribution < 1.29 is 4.42 Å². The second kappa shape index (κ2) is 12.2. The minimum absolute atomic E-state index is 0.579. The van der Waals surface area contributed by atoms with Crippen molar-refractivity contribution in [3.05, 3.63) is 188 Å². The molecule has 9 aromatic carbocycles. The molecular weight excluding hydrogens is 723 g/mol. The van der Waals surface area contributed by atoms with Crippen LogP contribution < -0.4 is 0 Å². The molecule has 0 fully saturated rings. The van der Waals surface area contributed by atoms with Gasteiger partial charge in [0, 0.05) is 49.1 Å². The van der Waals surface area contributed by atoms with Gasteiger partial charge in [0.15, 0.2) is 11.6 Å². The van der Waals surface area contributed by atoms with Gasteiger partial charge >= 0.3 is 0 Å². The summed E-state index contributed by atoms with van der Waals surface area (Å²) in [6.07, 6.45) is 0. The first kappa shape index (κ1) is 32.0. The van der Waals surface area contributed by atoms with E-state index < -0.39 is 0 Å². The van der Waals surface area contributed by atoms with E-state index in [1.54, 1.807) is 0 Å². The Kier molecular flexibility index (Phi) is 6.63. The summed E-state index contributed by atoms with van der Waals surface area (Å²) in [4.78, 5) is 15.2. The third-order valence-corrected chi connectivity index (χ3v) is 11.9. The fraction of sp³-hybridized carbons (Fsp3) is 0. The molecule has 6 heteroatoms. The predicted molar refractivity (Wildman–Crippen MR) is 241 cm³/mol. The highest BCUT2D eigenvalue weighted by atomic mass is 16.3. The largest absolute Gasteiger partial charge is 0.456 e. The number of nitrogens with zero attached hydrogens (tertiary/aromatic N) is 5. The van der Waals surface area contributed by atoms with Gasteiger partial charge in [0.2, 0.25) is 5.95 Å². The highest BCUT2D eigenvalue weighted by Gasteiger charge is 2.21.